The molecule has 4 nitrogen and oxygen atoms in total. The van der Waals surface area contributed by atoms with Gasteiger partial charge in [-0.15, -0.1) is 0 Å². The third-order valence-electron chi connectivity index (χ3n) is 1.89. The first-order chi connectivity index (χ1) is 9.26. The molecule has 2 aromatic rings. The summed E-state index contributed by atoms with van der Waals surface area (Å²) in [5.74, 6) is -0.617. The highest BCUT2D eigenvalue weighted by atomic mass is 16.5. The Kier molecular flexibility index (Phi) is 1.35. The van der Waals surface area contributed by atoms with E-state index in [0.717, 1.165) is 0 Å². The van der Waals surface area contributed by atoms with Gasteiger partial charge in [0.25, 0.3) is 0 Å². The van der Waals surface area contributed by atoms with Crippen LogP contribution in [-0.2, 0) is 4.74 Å². The third-order valence-corrected chi connectivity index (χ3v) is 1.89. The number of carbonyl (C=O) groups is 1. The van der Waals surface area contributed by atoms with E-state index in [1.54, 1.807) is 0 Å². The quantitative estimate of drug-likeness (QED) is 0.765. The van der Waals surface area contributed by atoms with Gasteiger partial charge in [-0.1, -0.05) is 12.1 Å². The van der Waals surface area contributed by atoms with Crippen molar-refractivity contribution < 1.29 is 16.4 Å². The molecule has 0 radical (unpaired) electrons. The number of nitrogens with zero attached hydrogens (tertiary/aromatic N) is 1. The van der Waals surface area contributed by atoms with E-state index in [0.29, 0.717) is 11.4 Å². The maximum absolute atomic E-state index is 11.5. The van der Waals surface area contributed by atoms with Gasteiger partial charge in [0.05, 0.1) is 19.5 Å². The van der Waals surface area contributed by atoms with Crippen molar-refractivity contribution in [3.8, 4) is 11.4 Å². The van der Waals surface area contributed by atoms with Gasteiger partial charge in [-0.05, 0) is 12.1 Å². The van der Waals surface area contributed by atoms with Gasteiger partial charge in [0.1, 0.15) is 5.82 Å². The molecule has 0 aliphatic carbocycles. The summed E-state index contributed by atoms with van der Waals surface area (Å²) < 4.78 is 39.5. The molecule has 0 aliphatic rings. The first-order valence-electron chi connectivity index (χ1n) is 6.63. The lowest BCUT2D eigenvalue weighted by atomic mass is 10.1. The van der Waals surface area contributed by atoms with Gasteiger partial charge in [-0.3, -0.25) is 0 Å². The van der Waals surface area contributed by atoms with Crippen LogP contribution in [0.4, 0.5) is 0 Å². The van der Waals surface area contributed by atoms with Crippen LogP contribution >= 0.6 is 0 Å². The van der Waals surface area contributed by atoms with E-state index in [1.807, 2.05) is 0 Å². The second-order valence-corrected chi connectivity index (χ2v) is 2.79. The van der Waals surface area contributed by atoms with E-state index in [-0.39, 0.29) is 17.9 Å². The molecule has 0 unspecified atom stereocenters. The Morgan fingerprint density at radius 3 is 2.93 bits per heavy atom. The van der Waals surface area contributed by atoms with E-state index >= 15 is 0 Å². The summed E-state index contributed by atoms with van der Waals surface area (Å²) in [5.41, 5.74) is 0.663. The van der Waals surface area contributed by atoms with E-state index in [4.69, 9.17) is 6.85 Å². The Morgan fingerprint density at radius 1 is 1.53 bits per heavy atom. The van der Waals surface area contributed by atoms with Crippen LogP contribution < -0.4 is 0 Å². The van der Waals surface area contributed by atoms with Crippen LogP contribution in [0.25, 0.3) is 11.4 Å². The average Bonchev–Trinajstić information content (AvgIpc) is 2.68. The maximum Gasteiger partial charge on any atom is 0.337 e. The van der Waals surface area contributed by atoms with Crippen LogP contribution in [0.15, 0.2) is 36.6 Å². The zero-order chi connectivity index (χ0) is 14.9. The number of carbonyl (C=O) groups excluding carboxylic acids is 1. The van der Waals surface area contributed by atoms with Crippen LogP contribution in [-0.4, -0.2) is 23.0 Å². The molecule has 2 rings (SSSR count). The normalized spacial score (nSPS) is 15.6. The average molecular weight is 207 g/mol. The van der Waals surface area contributed by atoms with Crippen molar-refractivity contribution in [2.45, 2.75) is 0 Å². The first kappa shape index (κ1) is 5.11. The number of aromatic amines is 1. The zero-order valence-electron chi connectivity index (χ0n) is 12.6. The molecule has 0 fully saturated rings. The predicted octanol–water partition coefficient (Wildman–Crippen LogP) is 1.86. The fourth-order valence-electron chi connectivity index (χ4n) is 1.16. The van der Waals surface area contributed by atoms with Crippen LogP contribution in [0.1, 0.15) is 17.2 Å². The van der Waals surface area contributed by atoms with Crippen molar-refractivity contribution >= 4 is 5.97 Å². The standard InChI is InChI=1S/C11H10N2O2/c1-15-11(14)9-4-2-8(3-5-9)10-12-6-7-13-10/h2-7H,1H3,(H,12,13)/i1D3,6D,7D. The highest BCUT2D eigenvalue weighted by molar-refractivity contribution is 5.89. The Labute approximate surface area is 93.9 Å². The highest BCUT2D eigenvalue weighted by Crippen LogP contribution is 2.15. The molecular formula is C11H10N2O2. The first-order valence-corrected chi connectivity index (χ1v) is 4.13. The van der Waals surface area contributed by atoms with Crippen LogP contribution in [0.5, 0.6) is 0 Å². The van der Waals surface area contributed by atoms with Crippen molar-refractivity contribution in [2.75, 3.05) is 7.04 Å². The number of aromatic nitrogens is 2. The second-order valence-electron chi connectivity index (χ2n) is 2.79. The number of H-pyrrole nitrogens is 1. The molecular weight excluding hydrogens is 192 g/mol. The Hall–Kier alpha value is -2.10. The summed E-state index contributed by atoms with van der Waals surface area (Å²) in [7, 11) is -2.78. The number of nitrogens with one attached hydrogen (secondary N) is 1. The second kappa shape index (κ2) is 3.96. The number of rotatable bonds is 2. The van der Waals surface area contributed by atoms with E-state index in [2.05, 4.69) is 14.7 Å². The Bertz CT molecular complexity index is 614. The fraction of sp³-hybridized carbons (Fsp3) is 0.0909. The smallest absolute Gasteiger partial charge is 0.337 e. The largest absolute Gasteiger partial charge is 0.465 e. The summed E-state index contributed by atoms with van der Waals surface area (Å²) in [5, 5.41) is 0. The molecule has 1 N–H and O–H groups in total. The van der Waals surface area contributed by atoms with E-state index < -0.39 is 13.0 Å². The molecule has 0 atom stereocenters. The summed E-state index contributed by atoms with van der Waals surface area (Å²) in [6.45, 7) is 0. The lowest BCUT2D eigenvalue weighted by Gasteiger charge is -2.00. The number of hydrogen-bond acceptors (Lipinski definition) is 3. The molecule has 0 saturated heterocycles. The van der Waals surface area contributed by atoms with Gasteiger partial charge in [-0.2, -0.15) is 0 Å². The summed E-state index contributed by atoms with van der Waals surface area (Å²) in [6.07, 6.45) is -0.281. The lowest BCUT2D eigenvalue weighted by molar-refractivity contribution is 0.0601. The molecule has 0 amide bonds. The van der Waals surface area contributed by atoms with Gasteiger partial charge in [0.15, 0.2) is 0 Å². The van der Waals surface area contributed by atoms with E-state index in [9.17, 15) is 4.79 Å². The number of methoxy groups -OCH3 is 1. The van der Waals surface area contributed by atoms with Gasteiger partial charge in [-0.25, -0.2) is 9.78 Å². The monoisotopic (exact) mass is 207 g/mol. The molecule has 1 aromatic heterocycles. The van der Waals surface area contributed by atoms with E-state index in [1.165, 1.54) is 24.3 Å². The van der Waals surface area contributed by atoms with Crippen molar-refractivity contribution in [2.24, 2.45) is 0 Å². The number of benzene rings is 1. The van der Waals surface area contributed by atoms with Crippen molar-refractivity contribution in [3.05, 3.63) is 42.2 Å². The molecule has 0 saturated carbocycles. The topological polar surface area (TPSA) is 55.0 Å². The van der Waals surface area contributed by atoms with Gasteiger partial charge < -0.3 is 9.72 Å². The molecule has 0 spiro atoms. The maximum atomic E-state index is 11.5. The highest BCUT2D eigenvalue weighted by Gasteiger charge is 2.05. The SMILES string of the molecule is [2H]c1nc(-c2ccc(C(=O)OC([2H])([2H])[2H])cc2)[nH]c1[2H]. The van der Waals surface area contributed by atoms with Crippen LogP contribution in [0, 0.1) is 0 Å². The Balaban J connectivity index is 2.20. The molecule has 0 aliphatic heterocycles. The van der Waals surface area contributed by atoms with Crippen molar-refractivity contribution in [3.63, 3.8) is 0 Å². The zero-order valence-corrected chi connectivity index (χ0v) is 7.57. The molecule has 4 heteroatoms. The number of hydrogen-bond donors (Lipinski definition) is 1. The van der Waals surface area contributed by atoms with Gasteiger partial charge in [0, 0.05) is 17.9 Å². The minimum absolute atomic E-state index is 0.0913. The van der Waals surface area contributed by atoms with Gasteiger partial charge in [0.2, 0.25) is 0 Å². The van der Waals surface area contributed by atoms with Gasteiger partial charge >= 0.3 is 5.97 Å². The van der Waals surface area contributed by atoms with Crippen molar-refractivity contribution in [1.29, 1.82) is 0 Å². The number of imidazole rings is 1. The number of ether oxygens (including phenoxy) is 1. The van der Waals surface area contributed by atoms with Crippen molar-refractivity contribution in [1.82, 2.24) is 9.97 Å². The van der Waals surface area contributed by atoms with Crippen LogP contribution in [0.2, 0.25) is 0 Å². The number of esters is 1. The molecule has 1 heterocycles. The third kappa shape index (κ3) is 1.88. The Morgan fingerprint density at radius 2 is 2.33 bits per heavy atom. The molecule has 0 bridgehead atoms. The minimum Gasteiger partial charge on any atom is -0.465 e. The van der Waals surface area contributed by atoms with Crippen LogP contribution in [0.3, 0.4) is 0 Å². The molecule has 1 aromatic carbocycles. The summed E-state index contributed by atoms with van der Waals surface area (Å²) >= 11 is 0. The minimum atomic E-state index is -2.78. The fourth-order valence-corrected chi connectivity index (χ4v) is 1.16. The molecule has 76 valence electrons. The summed E-state index contributed by atoms with van der Waals surface area (Å²) in [4.78, 5) is 17.9. The molecule has 15 heavy (non-hydrogen) atoms. The summed E-state index contributed by atoms with van der Waals surface area (Å²) in [6, 6.07) is 5.82. The lowest BCUT2D eigenvalue weighted by Crippen LogP contribution is -2.00. The predicted molar refractivity (Wildman–Crippen MR) is 55.4 cm³/mol.